The van der Waals surface area contributed by atoms with Crippen molar-refractivity contribution in [1.29, 1.82) is 0 Å². The number of benzene rings is 3. The van der Waals surface area contributed by atoms with E-state index in [2.05, 4.69) is 57.7 Å². The number of aliphatic carboxylic acids is 1. The van der Waals surface area contributed by atoms with Gasteiger partial charge in [0.15, 0.2) is 0 Å². The third kappa shape index (κ3) is 27.7. The second kappa shape index (κ2) is 37.6. The number of aromatic hydroxyl groups is 2. The first-order valence-corrected chi connectivity index (χ1v) is 33.5. The SMILES string of the molecule is CSCC[C@@H]1NC(=O)CNC(=O)[C@H](C(C)C)NC(=O)[C@H](CC(N)=O)NC(=O)[C@H](CCC(=O)O)NC(=O)[C@H](Cc2ccc(O)cc2)NC(=O)[C@H](CC(C)C)NC(=O)[C@H](Cc2ccc(OP(=O)(O)O)cc2)NC(=O)CSC[C@@H](C(N)=O)NC(=O)[C@H](Cc2ccc(O)cc2)NC1=O. The molecule has 19 N–H and O–H groups in total. The number of carbonyl (C=O) groups excluding carboxylic acids is 12. The molecule has 3 aromatic carbocycles. The number of nitrogens with one attached hydrogen (secondary N) is 10. The topological polar surface area (TPSA) is 522 Å². The average Bonchev–Trinajstić information content (AvgIpc) is 0.892. The number of hydrogen-bond donors (Lipinski definition) is 17. The Labute approximate surface area is 549 Å². The largest absolute Gasteiger partial charge is 0.524 e. The first-order valence-electron chi connectivity index (χ1n) is 29.5. The van der Waals surface area contributed by atoms with Crippen LogP contribution in [0.15, 0.2) is 72.8 Å². The lowest BCUT2D eigenvalue weighted by Gasteiger charge is -2.28. The second-order valence-electron chi connectivity index (χ2n) is 22.7. The number of phosphoric acid groups is 1. The minimum atomic E-state index is -5.01. The van der Waals surface area contributed by atoms with Gasteiger partial charge in [-0.2, -0.15) is 11.8 Å². The summed E-state index contributed by atoms with van der Waals surface area (Å²) in [5.74, 6) is -16.2. The Kier molecular flexibility index (Phi) is 31.0. The second-order valence-corrected chi connectivity index (χ2v) is 25.8. The van der Waals surface area contributed by atoms with E-state index in [0.29, 0.717) is 11.1 Å². The number of phenolic OH excluding ortho intramolecular Hbond substituents is 2. The Bertz CT molecular complexity index is 3230. The summed E-state index contributed by atoms with van der Waals surface area (Å²) in [6.07, 6.45) is -1.79. The lowest BCUT2D eigenvalue weighted by molar-refractivity contribution is -0.139. The molecule has 1 aliphatic rings. The van der Waals surface area contributed by atoms with Crippen LogP contribution in [0.5, 0.6) is 17.2 Å². The summed E-state index contributed by atoms with van der Waals surface area (Å²) in [6.45, 7) is 5.58. The van der Waals surface area contributed by atoms with Crippen molar-refractivity contribution in [2.24, 2.45) is 23.3 Å². The van der Waals surface area contributed by atoms with E-state index in [1.807, 2.05) is 0 Å². The molecule has 0 bridgehead atoms. The van der Waals surface area contributed by atoms with Gasteiger partial charge in [0.05, 0.1) is 18.7 Å². The fourth-order valence-electron chi connectivity index (χ4n) is 9.22. The van der Waals surface area contributed by atoms with Crippen LogP contribution in [0, 0.1) is 11.8 Å². The number of nitrogens with two attached hydrogens (primary N) is 2. The monoisotopic (exact) mass is 1370 g/mol. The normalized spacial score (nSPS) is 22.7. The van der Waals surface area contributed by atoms with Gasteiger partial charge in [0.2, 0.25) is 70.9 Å². The van der Waals surface area contributed by atoms with Crippen molar-refractivity contribution in [2.75, 3.05) is 30.1 Å². The predicted molar refractivity (Wildman–Crippen MR) is 341 cm³/mol. The molecule has 1 saturated heterocycles. The maximum Gasteiger partial charge on any atom is 0.524 e. The molecular weight excluding hydrogens is 1290 g/mol. The van der Waals surface area contributed by atoms with Crippen LogP contribution in [0.3, 0.4) is 0 Å². The van der Waals surface area contributed by atoms with Gasteiger partial charge in [-0.1, -0.05) is 64.1 Å². The van der Waals surface area contributed by atoms with E-state index < -0.39 is 177 Å². The minimum Gasteiger partial charge on any atom is -0.508 e. The van der Waals surface area contributed by atoms with Crippen LogP contribution in [0.1, 0.15) is 76.5 Å². The van der Waals surface area contributed by atoms with E-state index in [9.17, 15) is 92.0 Å². The zero-order valence-electron chi connectivity index (χ0n) is 52.0. The number of carboxylic acids is 1. The summed E-state index contributed by atoms with van der Waals surface area (Å²) in [4.78, 5) is 198. The molecule has 0 spiro atoms. The lowest BCUT2D eigenvalue weighted by atomic mass is 9.99. The molecule has 1 aliphatic heterocycles. The molecular formula is C59H81N12O20PS2. The summed E-state index contributed by atoms with van der Waals surface area (Å²) in [6, 6.07) is 1.46. The van der Waals surface area contributed by atoms with E-state index in [4.69, 9.17) is 11.5 Å². The molecule has 1 fully saturated rings. The maximum absolute atomic E-state index is 14.6. The minimum absolute atomic E-state index is 0.0293. The number of amides is 12. The van der Waals surface area contributed by atoms with Crippen LogP contribution in [-0.4, -0.2) is 186 Å². The van der Waals surface area contributed by atoms with Gasteiger partial charge in [-0.25, -0.2) is 4.57 Å². The highest BCUT2D eigenvalue weighted by atomic mass is 32.2. The van der Waals surface area contributed by atoms with Gasteiger partial charge in [0.25, 0.3) is 0 Å². The fraction of sp³-hybridized carbons (Fsp3) is 0.475. The molecule has 0 aliphatic carbocycles. The molecule has 32 nitrogen and oxygen atoms in total. The Balaban J connectivity index is 1.85. The Hall–Kier alpha value is -8.98. The van der Waals surface area contributed by atoms with Gasteiger partial charge < -0.3 is 84.5 Å². The highest BCUT2D eigenvalue weighted by molar-refractivity contribution is 8.00. The summed E-state index contributed by atoms with van der Waals surface area (Å²) in [7, 11) is -5.01. The highest BCUT2D eigenvalue weighted by Crippen LogP contribution is 2.37. The van der Waals surface area contributed by atoms with Crippen LogP contribution in [0.25, 0.3) is 0 Å². The lowest BCUT2D eigenvalue weighted by Crippen LogP contribution is -2.61. The van der Waals surface area contributed by atoms with Gasteiger partial charge in [-0.05, 0) is 96.2 Å². The van der Waals surface area contributed by atoms with Crippen molar-refractivity contribution in [3.63, 3.8) is 0 Å². The van der Waals surface area contributed by atoms with Crippen LogP contribution in [0.2, 0.25) is 0 Å². The first-order chi connectivity index (χ1) is 44.2. The number of hydrogen-bond acceptors (Lipinski definition) is 19. The first kappa shape index (κ1) is 77.5. The van der Waals surface area contributed by atoms with Gasteiger partial charge in [0, 0.05) is 31.4 Å². The van der Waals surface area contributed by atoms with Crippen molar-refractivity contribution in [1.82, 2.24) is 53.2 Å². The summed E-state index contributed by atoms with van der Waals surface area (Å²) >= 11 is 2.07. The number of thioether (sulfide) groups is 2. The molecule has 0 radical (unpaired) electrons. The maximum atomic E-state index is 14.6. The molecule has 35 heteroatoms. The molecule has 9 atom stereocenters. The van der Waals surface area contributed by atoms with Crippen molar-refractivity contribution in [2.45, 2.75) is 133 Å². The number of carboxylic acid groups (broad SMARTS) is 1. The van der Waals surface area contributed by atoms with E-state index in [1.165, 1.54) is 98.4 Å². The van der Waals surface area contributed by atoms with Crippen molar-refractivity contribution in [3.05, 3.63) is 89.5 Å². The number of carbonyl (C=O) groups is 13. The van der Waals surface area contributed by atoms with Crippen LogP contribution < -0.4 is 69.2 Å². The predicted octanol–water partition coefficient (Wildman–Crippen LogP) is -2.50. The van der Waals surface area contributed by atoms with Gasteiger partial charge >= 0.3 is 13.8 Å². The van der Waals surface area contributed by atoms with Crippen molar-refractivity contribution >= 4 is 108 Å². The molecule has 12 amide bonds. The number of primary amides is 2. The zero-order valence-corrected chi connectivity index (χ0v) is 54.6. The quantitative estimate of drug-likeness (QED) is 0.0520. The summed E-state index contributed by atoms with van der Waals surface area (Å²) in [5.41, 5.74) is 12.3. The van der Waals surface area contributed by atoms with Crippen LogP contribution in [0.4, 0.5) is 0 Å². The van der Waals surface area contributed by atoms with Gasteiger partial charge in [-0.3, -0.25) is 72.1 Å². The molecule has 1 heterocycles. The molecule has 0 unspecified atom stereocenters. The van der Waals surface area contributed by atoms with E-state index in [-0.39, 0.29) is 72.3 Å². The molecule has 0 aromatic heterocycles. The van der Waals surface area contributed by atoms with E-state index in [1.54, 1.807) is 20.1 Å². The highest BCUT2D eigenvalue weighted by Gasteiger charge is 2.37. The Morgan fingerprint density at radius 1 is 0.574 bits per heavy atom. The van der Waals surface area contributed by atoms with Gasteiger partial charge in [-0.15, -0.1) is 11.8 Å². The number of rotatable bonds is 20. The van der Waals surface area contributed by atoms with Crippen LogP contribution in [-0.2, 0) is 86.2 Å². The van der Waals surface area contributed by atoms with Crippen molar-refractivity contribution < 1.29 is 96.5 Å². The average molecular weight is 1370 g/mol. The third-order valence-corrected chi connectivity index (χ3v) is 16.2. The Morgan fingerprint density at radius 3 is 1.47 bits per heavy atom. The van der Waals surface area contributed by atoms with Gasteiger partial charge in [0.1, 0.15) is 71.6 Å². The molecule has 94 heavy (non-hydrogen) atoms. The molecule has 4 rings (SSSR count). The third-order valence-electron chi connectivity index (χ3n) is 14.0. The standard InChI is InChI=1S/C59H81N12O20PS2/c1-30(2)22-40-54(82)68-42(24-32-6-12-35(72)13-7-32)56(84)65-38(18-19-49(77)78)52(80)69-44(26-46(60)74)58(86)71-50(31(3)4)59(87)62-27-47(75)63-39(20-21-93-5)53(81)67-43(25-33-8-14-36(73)15-9-33)57(85)70-45(51(61)79)28-94-29-48(76)64-41(55(83)66-40)23-34-10-16-37(17-11-34)91-92(88,89)90/h6-17,30-31,38-45,50,72-73H,18-29H2,1-5H3,(H2,60,74)(H2,61,79)(H,62,87)(H,63,75)(H,64,76)(H,65,84)(H,66,83)(H,67,81)(H,68,82)(H,69,80)(H,70,85)(H,71,86)(H,77,78)(H2,88,89,90)/t38-,39-,40-,41-,42-,43-,44-,45-,50-/m0/s1. The number of phenols is 2. The fourth-order valence-corrected chi connectivity index (χ4v) is 11.0. The summed E-state index contributed by atoms with van der Waals surface area (Å²) in [5, 5.41) is 54.7. The smallest absolute Gasteiger partial charge is 0.508 e. The summed E-state index contributed by atoms with van der Waals surface area (Å²) < 4.78 is 16.2. The van der Waals surface area contributed by atoms with E-state index in [0.717, 1.165) is 11.8 Å². The Morgan fingerprint density at radius 2 is 1.00 bits per heavy atom. The zero-order chi connectivity index (χ0) is 70.0. The van der Waals surface area contributed by atoms with Crippen molar-refractivity contribution in [3.8, 4) is 17.2 Å². The molecule has 0 saturated carbocycles. The number of phosphoric ester groups is 1. The molecule has 514 valence electrons. The molecule has 3 aromatic rings. The van der Waals surface area contributed by atoms with E-state index >= 15 is 0 Å². The van der Waals surface area contributed by atoms with Crippen LogP contribution >= 0.6 is 31.3 Å².